The summed E-state index contributed by atoms with van der Waals surface area (Å²) in [5, 5.41) is 10.7. The normalized spacial score (nSPS) is 15.6. The SMILES string of the molecule is CCC(C)(C)C(=O)OCc1ccc(C2(O)CCCCC2)cc1.CCO[Si](C)(COC(=O)C(C)(C)CC)OCC. The van der Waals surface area contributed by atoms with E-state index in [1.165, 1.54) is 6.42 Å². The lowest BCUT2D eigenvalue weighted by atomic mass is 9.79. The number of carbonyl (C=O) groups excluding carboxylic acids is 2. The van der Waals surface area contributed by atoms with Crippen LogP contribution < -0.4 is 0 Å². The first-order valence-corrected chi connectivity index (χ1v) is 17.1. The van der Waals surface area contributed by atoms with E-state index >= 15 is 0 Å². The number of hydrogen-bond donors (Lipinski definition) is 1. The molecule has 7 nitrogen and oxygen atoms in total. The third kappa shape index (κ3) is 11.3. The Balaban J connectivity index is 0.000000406. The van der Waals surface area contributed by atoms with Crippen molar-refractivity contribution in [2.24, 2.45) is 10.8 Å². The number of hydrogen-bond acceptors (Lipinski definition) is 7. The van der Waals surface area contributed by atoms with Gasteiger partial charge < -0.3 is 23.4 Å². The first kappa shape index (κ1) is 35.3. The lowest BCUT2D eigenvalue weighted by Crippen LogP contribution is -2.46. The summed E-state index contributed by atoms with van der Waals surface area (Å²) >= 11 is 0. The summed E-state index contributed by atoms with van der Waals surface area (Å²) in [6.45, 7) is 18.7. The van der Waals surface area contributed by atoms with Crippen molar-refractivity contribution in [3.8, 4) is 0 Å². The average molecular weight is 567 g/mol. The van der Waals surface area contributed by atoms with Gasteiger partial charge in [-0.15, -0.1) is 0 Å². The Kier molecular flexibility index (Phi) is 14.4. The molecule has 0 unspecified atom stereocenters. The summed E-state index contributed by atoms with van der Waals surface area (Å²) < 4.78 is 21.9. The fourth-order valence-electron chi connectivity index (χ4n) is 4.10. The van der Waals surface area contributed by atoms with Crippen LogP contribution in [-0.4, -0.2) is 45.0 Å². The minimum atomic E-state index is -2.35. The molecule has 0 atom stereocenters. The van der Waals surface area contributed by atoms with E-state index in [1.54, 1.807) is 0 Å². The first-order valence-electron chi connectivity index (χ1n) is 14.6. The van der Waals surface area contributed by atoms with E-state index in [1.807, 2.05) is 86.2 Å². The maximum absolute atomic E-state index is 12.0. The van der Waals surface area contributed by atoms with E-state index in [4.69, 9.17) is 18.3 Å². The molecule has 0 saturated heterocycles. The molecule has 0 heterocycles. The third-order valence-electron chi connectivity index (χ3n) is 7.78. The Bertz CT molecular complexity index is 867. The van der Waals surface area contributed by atoms with E-state index in [0.29, 0.717) is 19.8 Å². The summed E-state index contributed by atoms with van der Waals surface area (Å²) in [6.07, 6.45) is 6.84. The second-order valence-electron chi connectivity index (χ2n) is 11.9. The van der Waals surface area contributed by atoms with Gasteiger partial charge in [-0.25, -0.2) is 0 Å². The fourth-order valence-corrected chi connectivity index (χ4v) is 5.96. The summed E-state index contributed by atoms with van der Waals surface area (Å²) in [4.78, 5) is 23.8. The molecule has 0 aromatic heterocycles. The molecule has 1 aliphatic rings. The molecule has 8 heteroatoms. The van der Waals surface area contributed by atoms with Crippen LogP contribution in [0.2, 0.25) is 6.55 Å². The van der Waals surface area contributed by atoms with Gasteiger partial charge in [0.1, 0.15) is 12.8 Å². The number of benzene rings is 1. The van der Waals surface area contributed by atoms with Crippen LogP contribution in [-0.2, 0) is 40.1 Å². The smallest absolute Gasteiger partial charge is 0.373 e. The minimum Gasteiger partial charge on any atom is -0.463 e. The molecular formula is C31H54O7Si. The molecule has 224 valence electrons. The molecular weight excluding hydrogens is 512 g/mol. The van der Waals surface area contributed by atoms with Gasteiger partial charge >= 0.3 is 20.5 Å². The van der Waals surface area contributed by atoms with E-state index in [2.05, 4.69) is 0 Å². The molecule has 1 aromatic rings. The molecule has 0 bridgehead atoms. The predicted molar refractivity (Wildman–Crippen MR) is 157 cm³/mol. The zero-order chi connectivity index (χ0) is 29.7. The van der Waals surface area contributed by atoms with Crippen LogP contribution >= 0.6 is 0 Å². The van der Waals surface area contributed by atoms with Crippen molar-refractivity contribution in [2.45, 2.75) is 119 Å². The van der Waals surface area contributed by atoms with Crippen LogP contribution in [0.3, 0.4) is 0 Å². The van der Waals surface area contributed by atoms with Crippen LogP contribution in [0.4, 0.5) is 0 Å². The standard InChI is InChI=1S/C19H28O3.C12H26O4Si/c1-4-18(2,3)17(20)22-14-15-8-10-16(11-9-15)19(21)12-6-5-7-13-19;1-7-12(4,5)11(13)14-10-17(6,15-8-2)16-9-3/h8-11,21H,4-7,12-14H2,1-3H3;7-10H2,1-6H3. The third-order valence-corrected chi connectivity index (χ3v) is 10.2. The summed E-state index contributed by atoms with van der Waals surface area (Å²) in [5.41, 5.74) is 0.405. The monoisotopic (exact) mass is 566 g/mol. The molecule has 39 heavy (non-hydrogen) atoms. The van der Waals surface area contributed by atoms with E-state index in [-0.39, 0.29) is 18.2 Å². The van der Waals surface area contributed by atoms with Crippen molar-refractivity contribution >= 4 is 20.5 Å². The molecule has 1 aliphatic carbocycles. The molecule has 1 fully saturated rings. The van der Waals surface area contributed by atoms with E-state index in [0.717, 1.165) is 49.7 Å². The van der Waals surface area contributed by atoms with E-state index in [9.17, 15) is 14.7 Å². The van der Waals surface area contributed by atoms with Crippen LogP contribution in [0.15, 0.2) is 24.3 Å². The number of aliphatic hydroxyl groups is 1. The average Bonchev–Trinajstić information content (AvgIpc) is 2.91. The van der Waals surface area contributed by atoms with Gasteiger partial charge in [-0.1, -0.05) is 57.4 Å². The topological polar surface area (TPSA) is 91.3 Å². The number of ether oxygens (including phenoxy) is 2. The van der Waals surface area contributed by atoms with Gasteiger partial charge in [0.15, 0.2) is 0 Å². The van der Waals surface area contributed by atoms with Crippen LogP contribution in [0.1, 0.15) is 111 Å². The Hall–Kier alpha value is -1.74. The summed E-state index contributed by atoms with van der Waals surface area (Å²) in [7, 11) is -2.35. The zero-order valence-corrected chi connectivity index (χ0v) is 27.0. The van der Waals surface area contributed by atoms with Crippen LogP contribution in [0, 0.1) is 10.8 Å². The highest BCUT2D eigenvalue weighted by Gasteiger charge is 2.36. The van der Waals surface area contributed by atoms with Gasteiger partial charge in [0, 0.05) is 13.2 Å². The Labute approximate surface area is 238 Å². The second kappa shape index (κ2) is 15.9. The highest BCUT2D eigenvalue weighted by atomic mass is 28.4. The quantitative estimate of drug-likeness (QED) is 0.204. The number of carbonyl (C=O) groups is 2. The first-order chi connectivity index (χ1) is 18.2. The van der Waals surface area contributed by atoms with Crippen molar-refractivity contribution in [1.82, 2.24) is 0 Å². The Morgan fingerprint density at radius 2 is 1.28 bits per heavy atom. The maximum Gasteiger partial charge on any atom is 0.373 e. The number of esters is 2. The van der Waals surface area contributed by atoms with Crippen molar-refractivity contribution in [3.63, 3.8) is 0 Å². The van der Waals surface area contributed by atoms with Crippen LogP contribution in [0.5, 0.6) is 0 Å². The highest BCUT2D eigenvalue weighted by molar-refractivity contribution is 6.66. The Morgan fingerprint density at radius 3 is 1.72 bits per heavy atom. The summed E-state index contributed by atoms with van der Waals surface area (Å²) in [5.74, 6) is -0.344. The fraction of sp³-hybridized carbons (Fsp3) is 0.742. The minimum absolute atomic E-state index is 0.162. The molecule has 1 aromatic carbocycles. The van der Waals surface area contributed by atoms with Crippen LogP contribution in [0.25, 0.3) is 0 Å². The zero-order valence-electron chi connectivity index (χ0n) is 26.0. The van der Waals surface area contributed by atoms with Gasteiger partial charge in [-0.2, -0.15) is 0 Å². The summed E-state index contributed by atoms with van der Waals surface area (Å²) in [6, 6.07) is 7.85. The van der Waals surface area contributed by atoms with Gasteiger partial charge in [0.05, 0.1) is 16.4 Å². The predicted octanol–water partition coefficient (Wildman–Crippen LogP) is 6.97. The van der Waals surface area contributed by atoms with Crippen molar-refractivity contribution in [1.29, 1.82) is 0 Å². The second-order valence-corrected chi connectivity index (χ2v) is 15.0. The largest absolute Gasteiger partial charge is 0.463 e. The highest BCUT2D eigenvalue weighted by Crippen LogP contribution is 2.37. The molecule has 0 spiro atoms. The number of rotatable bonds is 13. The molecule has 0 radical (unpaired) electrons. The lowest BCUT2D eigenvalue weighted by Gasteiger charge is -2.32. The molecule has 0 aliphatic heterocycles. The Morgan fingerprint density at radius 1 is 0.821 bits per heavy atom. The van der Waals surface area contributed by atoms with Gasteiger partial charge in [-0.3, -0.25) is 9.59 Å². The van der Waals surface area contributed by atoms with Gasteiger partial charge in [0.2, 0.25) is 0 Å². The van der Waals surface area contributed by atoms with Gasteiger partial charge in [-0.05, 0) is 84.9 Å². The van der Waals surface area contributed by atoms with Crippen molar-refractivity contribution in [3.05, 3.63) is 35.4 Å². The lowest BCUT2D eigenvalue weighted by molar-refractivity contribution is -0.155. The maximum atomic E-state index is 12.0. The van der Waals surface area contributed by atoms with Crippen molar-refractivity contribution in [2.75, 3.05) is 19.4 Å². The van der Waals surface area contributed by atoms with Gasteiger partial charge in [0.25, 0.3) is 0 Å². The molecule has 0 amide bonds. The molecule has 2 rings (SSSR count). The van der Waals surface area contributed by atoms with Crippen molar-refractivity contribution < 1.29 is 33.0 Å². The molecule has 1 saturated carbocycles. The molecule has 1 N–H and O–H groups in total. The van der Waals surface area contributed by atoms with E-state index < -0.39 is 25.0 Å².